The minimum absolute atomic E-state index is 0.0476. The smallest absolute Gasteiger partial charge is 0.222 e. The molecular formula is C20H32N2O3S. The van der Waals surface area contributed by atoms with Gasteiger partial charge in [0.2, 0.25) is 5.91 Å². The van der Waals surface area contributed by atoms with Crippen molar-refractivity contribution in [2.75, 3.05) is 31.3 Å². The van der Waals surface area contributed by atoms with Crippen molar-refractivity contribution < 1.29 is 14.3 Å². The van der Waals surface area contributed by atoms with Gasteiger partial charge in [0.25, 0.3) is 0 Å². The number of rotatable bonds is 9. The van der Waals surface area contributed by atoms with Crippen LogP contribution >= 0.6 is 11.8 Å². The maximum atomic E-state index is 12.6. The van der Waals surface area contributed by atoms with Gasteiger partial charge in [0, 0.05) is 30.5 Å². The molecular weight excluding hydrogens is 348 g/mol. The van der Waals surface area contributed by atoms with E-state index >= 15 is 0 Å². The molecule has 0 spiro atoms. The number of carbonyl (C=O) groups excluding carboxylic acids is 1. The van der Waals surface area contributed by atoms with Crippen molar-refractivity contribution in [1.29, 1.82) is 0 Å². The summed E-state index contributed by atoms with van der Waals surface area (Å²) in [5.41, 5.74) is 1.05. The molecule has 2 N–H and O–H groups in total. The van der Waals surface area contributed by atoms with E-state index in [1.807, 2.05) is 43.8 Å². The molecule has 5 nitrogen and oxygen atoms in total. The summed E-state index contributed by atoms with van der Waals surface area (Å²) < 4.78 is 11.4. The van der Waals surface area contributed by atoms with E-state index in [0.717, 1.165) is 35.1 Å². The summed E-state index contributed by atoms with van der Waals surface area (Å²) in [5, 5.41) is 6.64. The molecule has 6 heteroatoms. The van der Waals surface area contributed by atoms with E-state index < -0.39 is 0 Å². The van der Waals surface area contributed by atoms with Crippen LogP contribution in [0.25, 0.3) is 0 Å². The quantitative estimate of drug-likeness (QED) is 0.688. The molecule has 0 radical (unpaired) electrons. The lowest BCUT2D eigenvalue weighted by Crippen LogP contribution is -2.42. The van der Waals surface area contributed by atoms with Gasteiger partial charge in [0.05, 0.1) is 19.3 Å². The Hall–Kier alpha value is -1.40. The molecule has 1 aliphatic rings. The molecule has 2 unspecified atom stereocenters. The molecule has 0 saturated carbocycles. The SMILES string of the molecule is CCOc1ccc(C(NC(=O)CC2CSCCN2)C(C)C)cc1OCC. The summed E-state index contributed by atoms with van der Waals surface area (Å²) in [6, 6.07) is 6.17. The molecule has 146 valence electrons. The Bertz CT molecular complexity index is 574. The predicted molar refractivity (Wildman–Crippen MR) is 108 cm³/mol. The average Bonchev–Trinajstić information content (AvgIpc) is 2.62. The van der Waals surface area contributed by atoms with E-state index in [2.05, 4.69) is 24.5 Å². The fraction of sp³-hybridized carbons (Fsp3) is 0.650. The lowest BCUT2D eigenvalue weighted by atomic mass is 9.95. The van der Waals surface area contributed by atoms with Gasteiger partial charge >= 0.3 is 0 Å². The zero-order chi connectivity index (χ0) is 18.9. The number of thioether (sulfide) groups is 1. The van der Waals surface area contributed by atoms with Crippen LogP contribution in [0, 0.1) is 5.92 Å². The van der Waals surface area contributed by atoms with Crippen LogP contribution in [-0.4, -0.2) is 43.2 Å². The molecule has 1 fully saturated rings. The van der Waals surface area contributed by atoms with Crippen molar-refractivity contribution in [3.63, 3.8) is 0 Å². The van der Waals surface area contributed by atoms with Crippen molar-refractivity contribution >= 4 is 17.7 Å². The second-order valence-electron chi connectivity index (χ2n) is 6.79. The Morgan fingerprint density at radius 1 is 1.27 bits per heavy atom. The zero-order valence-corrected chi connectivity index (χ0v) is 17.2. The van der Waals surface area contributed by atoms with Crippen LogP contribution in [0.15, 0.2) is 18.2 Å². The van der Waals surface area contributed by atoms with Gasteiger partial charge in [-0.25, -0.2) is 0 Å². The lowest BCUT2D eigenvalue weighted by molar-refractivity contribution is -0.122. The molecule has 1 heterocycles. The first-order valence-electron chi connectivity index (χ1n) is 9.55. The highest BCUT2D eigenvalue weighted by Gasteiger charge is 2.23. The Morgan fingerprint density at radius 3 is 2.62 bits per heavy atom. The van der Waals surface area contributed by atoms with E-state index in [-0.39, 0.29) is 23.9 Å². The molecule has 1 amide bonds. The van der Waals surface area contributed by atoms with Crippen molar-refractivity contribution in [2.24, 2.45) is 5.92 Å². The Morgan fingerprint density at radius 2 is 2.00 bits per heavy atom. The van der Waals surface area contributed by atoms with E-state index in [0.29, 0.717) is 19.6 Å². The first kappa shape index (κ1) is 20.9. The van der Waals surface area contributed by atoms with Crippen molar-refractivity contribution in [1.82, 2.24) is 10.6 Å². The van der Waals surface area contributed by atoms with Gasteiger partial charge in [0.1, 0.15) is 0 Å². The third kappa shape index (κ3) is 6.09. The van der Waals surface area contributed by atoms with Crippen LogP contribution in [0.3, 0.4) is 0 Å². The summed E-state index contributed by atoms with van der Waals surface area (Å²) in [7, 11) is 0. The fourth-order valence-electron chi connectivity index (χ4n) is 3.10. The van der Waals surface area contributed by atoms with Gasteiger partial charge in [-0.05, 0) is 37.5 Å². The number of hydrogen-bond donors (Lipinski definition) is 2. The van der Waals surface area contributed by atoms with Crippen LogP contribution in [0.5, 0.6) is 11.5 Å². The van der Waals surface area contributed by atoms with Gasteiger partial charge < -0.3 is 20.1 Å². The first-order chi connectivity index (χ1) is 12.5. The van der Waals surface area contributed by atoms with E-state index in [1.165, 1.54) is 0 Å². The number of amides is 1. The first-order valence-corrected chi connectivity index (χ1v) is 10.7. The van der Waals surface area contributed by atoms with Gasteiger partial charge in [-0.1, -0.05) is 19.9 Å². The summed E-state index contributed by atoms with van der Waals surface area (Å²) >= 11 is 1.91. The minimum Gasteiger partial charge on any atom is -0.490 e. The van der Waals surface area contributed by atoms with Crippen LogP contribution < -0.4 is 20.1 Å². The van der Waals surface area contributed by atoms with E-state index in [9.17, 15) is 4.79 Å². The molecule has 0 aliphatic carbocycles. The van der Waals surface area contributed by atoms with Crippen LogP contribution in [0.2, 0.25) is 0 Å². The van der Waals surface area contributed by atoms with E-state index in [1.54, 1.807) is 0 Å². The molecule has 26 heavy (non-hydrogen) atoms. The maximum Gasteiger partial charge on any atom is 0.222 e. The second-order valence-corrected chi connectivity index (χ2v) is 7.94. The third-order valence-corrected chi connectivity index (χ3v) is 5.47. The number of hydrogen-bond acceptors (Lipinski definition) is 5. The van der Waals surface area contributed by atoms with Crippen molar-refractivity contribution in [2.45, 2.75) is 46.2 Å². The fourth-order valence-corrected chi connectivity index (χ4v) is 4.05. The number of carbonyl (C=O) groups is 1. The summed E-state index contributed by atoms with van der Waals surface area (Å²) in [5.74, 6) is 3.97. The average molecular weight is 381 g/mol. The molecule has 0 bridgehead atoms. The second kappa shape index (κ2) is 10.7. The number of benzene rings is 1. The Balaban J connectivity index is 2.10. The maximum absolute atomic E-state index is 12.6. The topological polar surface area (TPSA) is 59.6 Å². The van der Waals surface area contributed by atoms with Crippen LogP contribution in [-0.2, 0) is 4.79 Å². The lowest BCUT2D eigenvalue weighted by Gasteiger charge is -2.27. The molecule has 0 aromatic heterocycles. The number of nitrogens with one attached hydrogen (secondary N) is 2. The summed E-state index contributed by atoms with van der Waals surface area (Å²) in [6.45, 7) is 10.3. The standard InChI is InChI=1S/C20H32N2O3S/c1-5-24-17-8-7-15(11-18(17)25-6-2)20(14(3)4)22-19(23)12-16-13-26-10-9-21-16/h7-8,11,14,16,20-21H,5-6,9-10,12-13H2,1-4H3,(H,22,23). The van der Waals surface area contributed by atoms with Gasteiger partial charge in [-0.2, -0.15) is 11.8 Å². The zero-order valence-electron chi connectivity index (χ0n) is 16.3. The van der Waals surface area contributed by atoms with Gasteiger partial charge in [-0.3, -0.25) is 4.79 Å². The summed E-state index contributed by atoms with van der Waals surface area (Å²) in [6.07, 6.45) is 0.519. The monoisotopic (exact) mass is 380 g/mol. The highest BCUT2D eigenvalue weighted by molar-refractivity contribution is 7.99. The minimum atomic E-state index is -0.0476. The largest absolute Gasteiger partial charge is 0.490 e. The molecule has 2 rings (SSSR count). The van der Waals surface area contributed by atoms with E-state index in [4.69, 9.17) is 9.47 Å². The number of ether oxygens (including phenoxy) is 2. The molecule has 1 saturated heterocycles. The highest BCUT2D eigenvalue weighted by Crippen LogP contribution is 2.33. The predicted octanol–water partition coefficient (Wildman–Crippen LogP) is 3.39. The summed E-state index contributed by atoms with van der Waals surface area (Å²) in [4.78, 5) is 12.6. The van der Waals surface area contributed by atoms with Crippen molar-refractivity contribution in [3.05, 3.63) is 23.8 Å². The van der Waals surface area contributed by atoms with Gasteiger partial charge in [-0.15, -0.1) is 0 Å². The normalized spacial score (nSPS) is 18.4. The molecule has 1 aliphatic heterocycles. The Kier molecular flexibility index (Phi) is 8.59. The highest BCUT2D eigenvalue weighted by atomic mass is 32.2. The Labute approximate surface area is 161 Å². The van der Waals surface area contributed by atoms with Crippen molar-refractivity contribution in [3.8, 4) is 11.5 Å². The van der Waals surface area contributed by atoms with Gasteiger partial charge in [0.15, 0.2) is 11.5 Å². The molecule has 1 aromatic carbocycles. The molecule has 2 atom stereocenters. The molecule has 1 aromatic rings. The van der Waals surface area contributed by atoms with Crippen LogP contribution in [0.1, 0.15) is 45.7 Å². The van der Waals surface area contributed by atoms with Crippen LogP contribution in [0.4, 0.5) is 0 Å². The third-order valence-electron chi connectivity index (χ3n) is 4.34.